The summed E-state index contributed by atoms with van der Waals surface area (Å²) >= 11 is 0. The Hall–Kier alpha value is -0.540. The van der Waals surface area contributed by atoms with Gasteiger partial charge in [-0.05, 0) is 37.0 Å². The van der Waals surface area contributed by atoms with Gasteiger partial charge in [0.05, 0.1) is 6.20 Å². The highest BCUT2D eigenvalue weighted by Crippen LogP contribution is 2.48. The van der Waals surface area contributed by atoms with E-state index < -0.39 is 0 Å². The Morgan fingerprint density at radius 2 is 2.25 bits per heavy atom. The van der Waals surface area contributed by atoms with Crippen molar-refractivity contribution in [3.05, 3.63) is 18.0 Å². The van der Waals surface area contributed by atoms with Crippen LogP contribution in [-0.2, 0) is 13.1 Å². The van der Waals surface area contributed by atoms with E-state index in [0.29, 0.717) is 6.54 Å². The first-order chi connectivity index (χ1) is 7.35. The van der Waals surface area contributed by atoms with Gasteiger partial charge in [-0.3, -0.25) is 4.68 Å². The van der Waals surface area contributed by atoms with E-state index in [1.807, 2.05) is 6.20 Å². The van der Waals surface area contributed by atoms with Crippen LogP contribution in [0, 0.1) is 17.8 Å². The molecule has 0 saturated heterocycles. The number of hydrogen-bond donors (Lipinski definition) is 1. The number of hydrogen-bond acceptors (Lipinski definition) is 2. The number of halogens is 1. The summed E-state index contributed by atoms with van der Waals surface area (Å²) in [5.74, 6) is 2.90. The van der Waals surface area contributed by atoms with E-state index in [2.05, 4.69) is 16.0 Å². The van der Waals surface area contributed by atoms with Crippen molar-refractivity contribution in [3.8, 4) is 0 Å². The maximum atomic E-state index is 5.58. The van der Waals surface area contributed by atoms with E-state index in [9.17, 15) is 0 Å². The van der Waals surface area contributed by atoms with Gasteiger partial charge in [-0.15, -0.1) is 12.4 Å². The molecule has 3 unspecified atom stereocenters. The Labute approximate surface area is 103 Å². The van der Waals surface area contributed by atoms with Gasteiger partial charge in [0.2, 0.25) is 0 Å². The molecule has 0 aromatic carbocycles. The summed E-state index contributed by atoms with van der Waals surface area (Å²) in [6, 6.07) is 0. The lowest BCUT2D eigenvalue weighted by Crippen LogP contribution is -2.17. The molecule has 0 amide bonds. The largest absolute Gasteiger partial charge is 0.326 e. The highest BCUT2D eigenvalue weighted by atomic mass is 35.5. The van der Waals surface area contributed by atoms with Crippen LogP contribution in [0.1, 0.15) is 31.2 Å². The SMILES string of the molecule is Cl.NCc1cnn(CC2CC3CCC2C3)c1. The molecule has 0 spiro atoms. The smallest absolute Gasteiger partial charge is 0.0534 e. The van der Waals surface area contributed by atoms with E-state index in [1.165, 1.54) is 25.7 Å². The summed E-state index contributed by atoms with van der Waals surface area (Å²) < 4.78 is 2.09. The molecule has 0 aliphatic heterocycles. The number of nitrogens with zero attached hydrogens (tertiary/aromatic N) is 2. The molecule has 2 bridgehead atoms. The van der Waals surface area contributed by atoms with E-state index in [-0.39, 0.29) is 12.4 Å². The van der Waals surface area contributed by atoms with Gasteiger partial charge in [-0.25, -0.2) is 0 Å². The average molecular weight is 242 g/mol. The van der Waals surface area contributed by atoms with Crippen molar-refractivity contribution in [1.29, 1.82) is 0 Å². The summed E-state index contributed by atoms with van der Waals surface area (Å²) in [5.41, 5.74) is 6.73. The minimum absolute atomic E-state index is 0. The van der Waals surface area contributed by atoms with Crippen molar-refractivity contribution >= 4 is 12.4 Å². The summed E-state index contributed by atoms with van der Waals surface area (Å²) in [6.07, 6.45) is 9.85. The molecule has 90 valence electrons. The van der Waals surface area contributed by atoms with Crippen LogP contribution in [0.15, 0.2) is 12.4 Å². The van der Waals surface area contributed by atoms with Gasteiger partial charge in [0.25, 0.3) is 0 Å². The van der Waals surface area contributed by atoms with Gasteiger partial charge in [0, 0.05) is 24.8 Å². The monoisotopic (exact) mass is 241 g/mol. The zero-order valence-electron chi connectivity index (χ0n) is 9.51. The summed E-state index contributed by atoms with van der Waals surface area (Å²) in [7, 11) is 0. The molecule has 1 aromatic heterocycles. The zero-order valence-corrected chi connectivity index (χ0v) is 10.3. The van der Waals surface area contributed by atoms with Gasteiger partial charge in [0.1, 0.15) is 0 Å². The van der Waals surface area contributed by atoms with Crippen molar-refractivity contribution in [1.82, 2.24) is 9.78 Å². The summed E-state index contributed by atoms with van der Waals surface area (Å²) in [5, 5.41) is 4.37. The lowest BCUT2D eigenvalue weighted by molar-refractivity contribution is 0.285. The van der Waals surface area contributed by atoms with E-state index in [4.69, 9.17) is 5.73 Å². The van der Waals surface area contributed by atoms with Crippen LogP contribution >= 0.6 is 12.4 Å². The minimum atomic E-state index is 0. The van der Waals surface area contributed by atoms with Crippen LogP contribution < -0.4 is 5.73 Å². The number of aromatic nitrogens is 2. The van der Waals surface area contributed by atoms with Crippen LogP contribution in [0.2, 0.25) is 0 Å². The van der Waals surface area contributed by atoms with E-state index in [0.717, 1.165) is 29.9 Å². The van der Waals surface area contributed by atoms with Crippen LogP contribution in [-0.4, -0.2) is 9.78 Å². The molecule has 2 aliphatic rings. The second kappa shape index (κ2) is 4.76. The Morgan fingerprint density at radius 1 is 1.38 bits per heavy atom. The number of rotatable bonds is 3. The highest BCUT2D eigenvalue weighted by molar-refractivity contribution is 5.85. The Balaban J connectivity index is 0.000000963. The minimum Gasteiger partial charge on any atom is -0.326 e. The van der Waals surface area contributed by atoms with Crippen LogP contribution in [0.3, 0.4) is 0 Å². The first-order valence-electron chi connectivity index (χ1n) is 6.06. The van der Waals surface area contributed by atoms with Gasteiger partial charge in [-0.2, -0.15) is 5.10 Å². The third-order valence-electron chi connectivity index (χ3n) is 4.23. The second-order valence-electron chi connectivity index (χ2n) is 5.21. The molecular formula is C12H20ClN3. The molecule has 3 nitrogen and oxygen atoms in total. The fraction of sp³-hybridized carbons (Fsp3) is 0.750. The summed E-state index contributed by atoms with van der Waals surface area (Å²) in [4.78, 5) is 0. The standard InChI is InChI=1S/C12H19N3.ClH/c13-5-10-6-14-15(7-10)8-12-4-9-1-2-11(12)3-9;/h6-7,9,11-12H,1-5,8,13H2;1H. The fourth-order valence-electron chi connectivity index (χ4n) is 3.45. The predicted molar refractivity (Wildman–Crippen MR) is 66.3 cm³/mol. The van der Waals surface area contributed by atoms with Gasteiger partial charge in [0.15, 0.2) is 0 Å². The number of fused-ring (bicyclic) bond motifs is 2. The lowest BCUT2D eigenvalue weighted by Gasteiger charge is -2.21. The van der Waals surface area contributed by atoms with Gasteiger partial charge in [-0.1, -0.05) is 6.42 Å². The van der Waals surface area contributed by atoms with Crippen LogP contribution in [0.25, 0.3) is 0 Å². The molecule has 2 fully saturated rings. The molecule has 2 saturated carbocycles. The highest BCUT2D eigenvalue weighted by Gasteiger charge is 2.39. The van der Waals surface area contributed by atoms with Crippen LogP contribution in [0.5, 0.6) is 0 Å². The Bertz CT molecular complexity index is 350. The van der Waals surface area contributed by atoms with E-state index >= 15 is 0 Å². The molecule has 4 heteroatoms. The first kappa shape index (κ1) is 11.9. The topological polar surface area (TPSA) is 43.8 Å². The van der Waals surface area contributed by atoms with Crippen LogP contribution in [0.4, 0.5) is 0 Å². The molecule has 1 heterocycles. The molecule has 2 aliphatic carbocycles. The molecule has 0 radical (unpaired) electrons. The predicted octanol–water partition coefficient (Wildman–Crippen LogP) is 2.20. The number of nitrogens with two attached hydrogens (primary N) is 1. The van der Waals surface area contributed by atoms with Crippen molar-refractivity contribution in [2.24, 2.45) is 23.5 Å². The second-order valence-corrected chi connectivity index (χ2v) is 5.21. The zero-order chi connectivity index (χ0) is 10.3. The summed E-state index contributed by atoms with van der Waals surface area (Å²) in [6.45, 7) is 1.72. The van der Waals surface area contributed by atoms with Crippen molar-refractivity contribution in [3.63, 3.8) is 0 Å². The normalized spacial score (nSPS) is 31.7. The molecule has 3 atom stereocenters. The third-order valence-corrected chi connectivity index (χ3v) is 4.23. The first-order valence-corrected chi connectivity index (χ1v) is 6.06. The van der Waals surface area contributed by atoms with Crippen molar-refractivity contribution < 1.29 is 0 Å². The average Bonchev–Trinajstić information content (AvgIpc) is 2.92. The van der Waals surface area contributed by atoms with E-state index in [1.54, 1.807) is 0 Å². The maximum Gasteiger partial charge on any atom is 0.0534 e. The molecule has 2 N–H and O–H groups in total. The molecule has 3 rings (SSSR count). The molecular weight excluding hydrogens is 222 g/mol. The van der Waals surface area contributed by atoms with Crippen molar-refractivity contribution in [2.75, 3.05) is 0 Å². The Morgan fingerprint density at radius 3 is 2.81 bits per heavy atom. The Kier molecular flexibility index (Phi) is 3.55. The molecule has 16 heavy (non-hydrogen) atoms. The quantitative estimate of drug-likeness (QED) is 0.882. The third kappa shape index (κ3) is 2.11. The van der Waals surface area contributed by atoms with Gasteiger partial charge < -0.3 is 5.73 Å². The van der Waals surface area contributed by atoms with Gasteiger partial charge >= 0.3 is 0 Å². The molecule has 1 aromatic rings. The van der Waals surface area contributed by atoms with Crippen molar-refractivity contribution in [2.45, 2.75) is 38.8 Å². The maximum absolute atomic E-state index is 5.58. The lowest BCUT2D eigenvalue weighted by atomic mass is 9.89. The fourth-order valence-corrected chi connectivity index (χ4v) is 3.45.